The summed E-state index contributed by atoms with van der Waals surface area (Å²) in [5.41, 5.74) is 8.61. The number of hydrogen-bond acceptors (Lipinski definition) is 3. The lowest BCUT2D eigenvalue weighted by Gasteiger charge is -2.35. The van der Waals surface area contributed by atoms with Gasteiger partial charge in [-0.25, -0.2) is 0 Å². The van der Waals surface area contributed by atoms with Crippen LogP contribution in [-0.2, 0) is 0 Å². The van der Waals surface area contributed by atoms with Crippen LogP contribution in [0.1, 0.15) is 31.4 Å². The van der Waals surface area contributed by atoms with E-state index in [1.807, 2.05) is 0 Å². The highest BCUT2D eigenvalue weighted by Crippen LogP contribution is 2.25. The quantitative estimate of drug-likeness (QED) is 0.889. The standard InChI is InChI=1S/C15H25N3/c1-12(18-10-8-14(16)9-11-18)13-4-6-15(7-5-13)17(2)3/h4-7,12,14H,8-11,16H2,1-3H3. The molecule has 1 fully saturated rings. The highest BCUT2D eigenvalue weighted by atomic mass is 15.2. The van der Waals surface area contributed by atoms with Crippen LogP contribution in [0.3, 0.4) is 0 Å². The summed E-state index contributed by atoms with van der Waals surface area (Å²) in [7, 11) is 4.15. The largest absolute Gasteiger partial charge is 0.378 e. The third kappa shape index (κ3) is 3.03. The van der Waals surface area contributed by atoms with E-state index < -0.39 is 0 Å². The van der Waals surface area contributed by atoms with Crippen molar-refractivity contribution in [3.05, 3.63) is 29.8 Å². The van der Waals surface area contributed by atoms with Crippen molar-refractivity contribution in [3.63, 3.8) is 0 Å². The van der Waals surface area contributed by atoms with Crippen molar-refractivity contribution in [2.45, 2.75) is 31.8 Å². The summed E-state index contributed by atoms with van der Waals surface area (Å²) in [6.45, 7) is 4.54. The zero-order valence-corrected chi connectivity index (χ0v) is 11.8. The highest BCUT2D eigenvalue weighted by Gasteiger charge is 2.21. The summed E-state index contributed by atoms with van der Waals surface area (Å²) < 4.78 is 0. The molecule has 0 bridgehead atoms. The van der Waals surface area contributed by atoms with E-state index in [1.165, 1.54) is 11.3 Å². The van der Waals surface area contributed by atoms with E-state index in [1.54, 1.807) is 0 Å². The summed E-state index contributed by atoms with van der Waals surface area (Å²) in [5.74, 6) is 0. The maximum Gasteiger partial charge on any atom is 0.0361 e. The summed E-state index contributed by atoms with van der Waals surface area (Å²) in [6.07, 6.45) is 2.25. The normalized spacial score (nSPS) is 19.8. The lowest BCUT2D eigenvalue weighted by atomic mass is 10.0. The molecule has 1 heterocycles. The Kier molecular flexibility index (Phi) is 4.25. The van der Waals surface area contributed by atoms with Crippen molar-refractivity contribution >= 4 is 5.69 Å². The lowest BCUT2D eigenvalue weighted by Crippen LogP contribution is -2.40. The number of nitrogens with two attached hydrogens (primary N) is 1. The second kappa shape index (κ2) is 5.72. The molecule has 0 aliphatic carbocycles. The van der Waals surface area contributed by atoms with Crippen LogP contribution in [-0.4, -0.2) is 38.1 Å². The van der Waals surface area contributed by atoms with Gasteiger partial charge in [-0.2, -0.15) is 0 Å². The molecule has 1 atom stereocenters. The number of likely N-dealkylation sites (tertiary alicyclic amines) is 1. The fraction of sp³-hybridized carbons (Fsp3) is 0.600. The van der Waals surface area contributed by atoms with Gasteiger partial charge in [0.25, 0.3) is 0 Å². The summed E-state index contributed by atoms with van der Waals surface area (Å²) in [6, 6.07) is 9.78. The molecule has 1 aliphatic rings. The van der Waals surface area contributed by atoms with Crippen molar-refractivity contribution < 1.29 is 0 Å². The lowest BCUT2D eigenvalue weighted by molar-refractivity contribution is 0.163. The molecule has 3 nitrogen and oxygen atoms in total. The smallest absolute Gasteiger partial charge is 0.0361 e. The molecule has 0 amide bonds. The van der Waals surface area contributed by atoms with E-state index in [9.17, 15) is 0 Å². The molecule has 0 aromatic heterocycles. The van der Waals surface area contributed by atoms with Crippen molar-refractivity contribution in [1.29, 1.82) is 0 Å². The van der Waals surface area contributed by atoms with Gasteiger partial charge in [0.2, 0.25) is 0 Å². The van der Waals surface area contributed by atoms with Crippen LogP contribution in [0.25, 0.3) is 0 Å². The van der Waals surface area contributed by atoms with Gasteiger partial charge < -0.3 is 10.6 Å². The van der Waals surface area contributed by atoms with Crippen LogP contribution >= 0.6 is 0 Å². The van der Waals surface area contributed by atoms with E-state index in [4.69, 9.17) is 5.73 Å². The Morgan fingerprint density at radius 1 is 1.17 bits per heavy atom. The highest BCUT2D eigenvalue weighted by molar-refractivity contribution is 5.46. The number of hydrogen-bond donors (Lipinski definition) is 1. The third-order valence-corrected chi connectivity index (χ3v) is 4.01. The van der Waals surface area contributed by atoms with Gasteiger partial charge in [-0.3, -0.25) is 4.90 Å². The number of benzene rings is 1. The number of anilines is 1. The van der Waals surface area contributed by atoms with E-state index in [2.05, 4.69) is 55.1 Å². The van der Waals surface area contributed by atoms with Gasteiger partial charge in [-0.1, -0.05) is 12.1 Å². The average molecular weight is 247 g/mol. The monoisotopic (exact) mass is 247 g/mol. The van der Waals surface area contributed by atoms with Crippen LogP contribution in [0.5, 0.6) is 0 Å². The zero-order valence-electron chi connectivity index (χ0n) is 11.8. The van der Waals surface area contributed by atoms with Crippen molar-refractivity contribution in [3.8, 4) is 0 Å². The fourth-order valence-electron chi connectivity index (χ4n) is 2.57. The molecule has 0 radical (unpaired) electrons. The average Bonchev–Trinajstić information content (AvgIpc) is 2.39. The molecule has 18 heavy (non-hydrogen) atoms. The number of piperidine rings is 1. The van der Waals surface area contributed by atoms with Crippen molar-refractivity contribution in [2.75, 3.05) is 32.1 Å². The van der Waals surface area contributed by atoms with E-state index in [-0.39, 0.29) is 0 Å². The Labute approximate surface area is 111 Å². The van der Waals surface area contributed by atoms with Crippen LogP contribution in [0.15, 0.2) is 24.3 Å². The minimum Gasteiger partial charge on any atom is -0.378 e. The molecule has 1 aliphatic heterocycles. The minimum atomic E-state index is 0.407. The third-order valence-electron chi connectivity index (χ3n) is 4.01. The second-order valence-electron chi connectivity index (χ2n) is 5.54. The molecule has 100 valence electrons. The first-order chi connectivity index (χ1) is 8.58. The molecule has 1 aromatic rings. The second-order valence-corrected chi connectivity index (χ2v) is 5.54. The van der Waals surface area contributed by atoms with Gasteiger partial charge in [-0.15, -0.1) is 0 Å². The van der Waals surface area contributed by atoms with Gasteiger partial charge in [0, 0.05) is 45.0 Å². The summed E-state index contributed by atoms with van der Waals surface area (Å²) in [4.78, 5) is 4.67. The molecular formula is C15H25N3. The van der Waals surface area contributed by atoms with Crippen LogP contribution in [0.2, 0.25) is 0 Å². The van der Waals surface area contributed by atoms with Gasteiger partial charge in [0.05, 0.1) is 0 Å². The molecule has 0 spiro atoms. The predicted molar refractivity (Wildman–Crippen MR) is 78.0 cm³/mol. The van der Waals surface area contributed by atoms with Crippen LogP contribution in [0.4, 0.5) is 5.69 Å². The Balaban J connectivity index is 2.02. The Morgan fingerprint density at radius 3 is 2.22 bits per heavy atom. The zero-order chi connectivity index (χ0) is 13.1. The first-order valence-electron chi connectivity index (χ1n) is 6.85. The van der Waals surface area contributed by atoms with Crippen LogP contribution in [0, 0.1) is 0 Å². The first kappa shape index (κ1) is 13.4. The molecule has 2 rings (SSSR count). The number of nitrogens with zero attached hydrogens (tertiary/aromatic N) is 2. The van der Waals surface area contributed by atoms with Crippen molar-refractivity contribution in [2.24, 2.45) is 5.73 Å². The molecule has 3 heteroatoms. The Hall–Kier alpha value is -1.06. The Morgan fingerprint density at radius 2 is 1.72 bits per heavy atom. The maximum absolute atomic E-state index is 5.96. The van der Waals surface area contributed by atoms with Gasteiger partial charge in [0.15, 0.2) is 0 Å². The van der Waals surface area contributed by atoms with Gasteiger partial charge in [-0.05, 0) is 37.5 Å². The van der Waals surface area contributed by atoms with E-state index >= 15 is 0 Å². The van der Waals surface area contributed by atoms with Crippen molar-refractivity contribution in [1.82, 2.24) is 4.90 Å². The summed E-state index contributed by atoms with van der Waals surface area (Å²) in [5, 5.41) is 0. The van der Waals surface area contributed by atoms with Gasteiger partial charge >= 0.3 is 0 Å². The first-order valence-corrected chi connectivity index (χ1v) is 6.85. The SMILES string of the molecule is CC(c1ccc(N(C)C)cc1)N1CCC(N)CC1. The minimum absolute atomic E-state index is 0.407. The van der Waals surface area contributed by atoms with Crippen LogP contribution < -0.4 is 10.6 Å². The number of rotatable bonds is 3. The molecule has 0 saturated carbocycles. The maximum atomic E-state index is 5.96. The fourth-order valence-corrected chi connectivity index (χ4v) is 2.57. The molecule has 1 aromatic carbocycles. The summed E-state index contributed by atoms with van der Waals surface area (Å²) >= 11 is 0. The van der Waals surface area contributed by atoms with E-state index in [0.29, 0.717) is 12.1 Å². The Bertz CT molecular complexity index is 364. The molecular weight excluding hydrogens is 222 g/mol. The van der Waals surface area contributed by atoms with E-state index in [0.717, 1.165) is 25.9 Å². The van der Waals surface area contributed by atoms with Gasteiger partial charge in [0.1, 0.15) is 0 Å². The predicted octanol–water partition coefficient (Wildman–Crippen LogP) is 2.24. The topological polar surface area (TPSA) is 32.5 Å². The molecule has 2 N–H and O–H groups in total. The molecule has 1 unspecified atom stereocenters. The molecule has 1 saturated heterocycles.